The largest absolute Gasteiger partial charge is 0.321 e. The Hall–Kier alpha value is -3.40. The monoisotopic (exact) mass is 509 g/mol. The average Bonchev–Trinajstić information content (AvgIpc) is 3.35. The molecule has 35 heavy (non-hydrogen) atoms. The van der Waals surface area contributed by atoms with Gasteiger partial charge in [-0.25, -0.2) is 17.8 Å². The van der Waals surface area contributed by atoms with Crippen LogP contribution in [0.4, 0.5) is 10.1 Å². The van der Waals surface area contributed by atoms with E-state index >= 15 is 0 Å². The molecule has 0 aliphatic heterocycles. The minimum Gasteiger partial charge on any atom is -0.321 e. The first-order chi connectivity index (χ1) is 16.8. The maximum atomic E-state index is 14.2. The van der Waals surface area contributed by atoms with Crippen LogP contribution in [0.1, 0.15) is 24.2 Å². The maximum Gasteiger partial charge on any atom is 0.255 e. The van der Waals surface area contributed by atoms with Crippen LogP contribution >= 0.6 is 11.3 Å². The standard InChI is InChI=1S/C26H24FN3O3S2/c1-3-30(4-2)35(32,33)19-15-13-18(14-16-19)25(31)28-23-12-8-6-10-21(23)24-17-34-26(29-24)20-9-5-7-11-22(20)27/h5-17H,3-4H2,1-2H3,(H,28,31). The average molecular weight is 510 g/mol. The molecule has 0 fully saturated rings. The molecule has 180 valence electrons. The summed E-state index contributed by atoms with van der Waals surface area (Å²) in [5.41, 5.74) is 2.60. The summed E-state index contributed by atoms with van der Waals surface area (Å²) < 4.78 is 40.9. The number of anilines is 1. The number of halogens is 1. The number of nitrogens with one attached hydrogen (secondary N) is 1. The lowest BCUT2D eigenvalue weighted by Gasteiger charge is -2.18. The number of hydrogen-bond acceptors (Lipinski definition) is 5. The van der Waals surface area contributed by atoms with Gasteiger partial charge in [-0.1, -0.05) is 44.2 Å². The lowest BCUT2D eigenvalue weighted by molar-refractivity contribution is 0.102. The summed E-state index contributed by atoms with van der Waals surface area (Å²) in [4.78, 5) is 17.7. The molecule has 0 atom stereocenters. The molecule has 1 aromatic heterocycles. The van der Waals surface area contributed by atoms with Crippen molar-refractivity contribution in [1.82, 2.24) is 9.29 Å². The van der Waals surface area contributed by atoms with Crippen molar-refractivity contribution in [3.63, 3.8) is 0 Å². The lowest BCUT2D eigenvalue weighted by Crippen LogP contribution is -2.30. The van der Waals surface area contributed by atoms with E-state index in [1.807, 2.05) is 17.5 Å². The number of aromatic nitrogens is 1. The van der Waals surface area contributed by atoms with Crippen LogP contribution in [-0.2, 0) is 10.0 Å². The predicted molar refractivity (Wildman–Crippen MR) is 137 cm³/mol. The third-order valence-electron chi connectivity index (χ3n) is 5.52. The number of rotatable bonds is 8. The molecule has 0 bridgehead atoms. The summed E-state index contributed by atoms with van der Waals surface area (Å²) in [5.74, 6) is -0.727. The van der Waals surface area contributed by atoms with Gasteiger partial charge < -0.3 is 5.32 Å². The molecule has 3 aromatic carbocycles. The molecule has 1 amide bonds. The Morgan fingerprint density at radius 1 is 0.943 bits per heavy atom. The van der Waals surface area contributed by atoms with Gasteiger partial charge in [0.2, 0.25) is 10.0 Å². The van der Waals surface area contributed by atoms with Crippen LogP contribution in [0.2, 0.25) is 0 Å². The number of thiazole rings is 1. The van der Waals surface area contributed by atoms with Crippen LogP contribution in [0.5, 0.6) is 0 Å². The molecule has 4 aromatic rings. The smallest absolute Gasteiger partial charge is 0.255 e. The Morgan fingerprint density at radius 2 is 1.57 bits per heavy atom. The first-order valence-corrected chi connectivity index (χ1v) is 13.4. The van der Waals surface area contributed by atoms with Crippen molar-refractivity contribution in [1.29, 1.82) is 0 Å². The molecule has 0 aliphatic rings. The number of benzene rings is 3. The second-order valence-electron chi connectivity index (χ2n) is 7.63. The summed E-state index contributed by atoms with van der Waals surface area (Å²) >= 11 is 1.32. The van der Waals surface area contributed by atoms with Gasteiger partial charge in [0.05, 0.1) is 16.3 Å². The Balaban J connectivity index is 1.57. The van der Waals surface area contributed by atoms with E-state index < -0.39 is 10.0 Å². The van der Waals surface area contributed by atoms with E-state index in [-0.39, 0.29) is 16.6 Å². The van der Waals surface area contributed by atoms with Crippen molar-refractivity contribution in [2.45, 2.75) is 18.7 Å². The summed E-state index contributed by atoms with van der Waals surface area (Å²) in [6, 6.07) is 19.5. The van der Waals surface area contributed by atoms with Crippen LogP contribution in [0.15, 0.2) is 83.1 Å². The lowest BCUT2D eigenvalue weighted by atomic mass is 10.1. The van der Waals surface area contributed by atoms with Crippen molar-refractivity contribution in [3.8, 4) is 21.8 Å². The number of hydrogen-bond donors (Lipinski definition) is 1. The molecule has 0 spiro atoms. The number of sulfonamides is 1. The van der Waals surface area contributed by atoms with Crippen molar-refractivity contribution >= 4 is 33.0 Å². The SMILES string of the molecule is CCN(CC)S(=O)(=O)c1ccc(C(=O)Nc2ccccc2-c2csc(-c3ccccc3F)n2)cc1. The summed E-state index contributed by atoms with van der Waals surface area (Å²) in [7, 11) is -3.60. The number of amides is 1. The third kappa shape index (κ3) is 5.17. The first kappa shape index (κ1) is 24.7. The second kappa shape index (κ2) is 10.5. The fourth-order valence-electron chi connectivity index (χ4n) is 3.66. The highest BCUT2D eigenvalue weighted by atomic mass is 32.2. The van der Waals surface area contributed by atoms with E-state index in [1.54, 1.807) is 44.2 Å². The van der Waals surface area contributed by atoms with E-state index in [2.05, 4.69) is 10.3 Å². The van der Waals surface area contributed by atoms with E-state index in [1.165, 1.54) is 46.0 Å². The molecule has 0 unspecified atom stereocenters. The molecule has 1 heterocycles. The Morgan fingerprint density at radius 3 is 2.23 bits per heavy atom. The number of carbonyl (C=O) groups is 1. The van der Waals surface area contributed by atoms with E-state index in [0.717, 1.165) is 0 Å². The molecule has 0 radical (unpaired) electrons. The molecule has 9 heteroatoms. The van der Waals surface area contributed by atoms with E-state index in [4.69, 9.17) is 0 Å². The van der Waals surface area contributed by atoms with E-state index in [9.17, 15) is 17.6 Å². The van der Waals surface area contributed by atoms with Crippen LogP contribution in [-0.4, -0.2) is 36.7 Å². The van der Waals surface area contributed by atoms with Gasteiger partial charge in [-0.2, -0.15) is 4.31 Å². The van der Waals surface area contributed by atoms with Gasteiger partial charge in [0.1, 0.15) is 10.8 Å². The van der Waals surface area contributed by atoms with Crippen LogP contribution < -0.4 is 5.32 Å². The molecular weight excluding hydrogens is 485 g/mol. The van der Waals surface area contributed by atoms with Crippen molar-refractivity contribution < 1.29 is 17.6 Å². The highest BCUT2D eigenvalue weighted by molar-refractivity contribution is 7.89. The van der Waals surface area contributed by atoms with Gasteiger partial charge >= 0.3 is 0 Å². The van der Waals surface area contributed by atoms with Crippen LogP contribution in [0.25, 0.3) is 21.8 Å². The summed E-state index contributed by atoms with van der Waals surface area (Å²) in [6.07, 6.45) is 0. The molecule has 0 saturated heterocycles. The zero-order valence-corrected chi connectivity index (χ0v) is 20.9. The van der Waals surface area contributed by atoms with Gasteiger partial charge in [-0.15, -0.1) is 11.3 Å². The topological polar surface area (TPSA) is 79.4 Å². The number of carbonyl (C=O) groups excluding carboxylic acids is 1. The molecule has 0 saturated carbocycles. The number of nitrogens with zero attached hydrogens (tertiary/aromatic N) is 2. The zero-order valence-electron chi connectivity index (χ0n) is 19.2. The molecule has 4 rings (SSSR count). The maximum absolute atomic E-state index is 14.2. The summed E-state index contributed by atoms with van der Waals surface area (Å²) in [6.45, 7) is 4.30. The molecular formula is C26H24FN3O3S2. The predicted octanol–water partition coefficient (Wildman–Crippen LogP) is 5.90. The van der Waals surface area contributed by atoms with Crippen molar-refractivity contribution in [2.24, 2.45) is 0 Å². The molecule has 1 N–H and O–H groups in total. The summed E-state index contributed by atoms with van der Waals surface area (Å²) in [5, 5.41) is 5.25. The van der Waals surface area contributed by atoms with Crippen LogP contribution in [0, 0.1) is 5.82 Å². The minimum atomic E-state index is -3.60. The number of para-hydroxylation sites is 1. The molecule has 0 aliphatic carbocycles. The van der Waals surface area contributed by atoms with Crippen LogP contribution in [0.3, 0.4) is 0 Å². The Labute approximate surface area is 208 Å². The first-order valence-electron chi connectivity index (χ1n) is 11.1. The van der Waals surface area contributed by atoms with Crippen molar-refractivity contribution in [3.05, 3.63) is 89.6 Å². The highest BCUT2D eigenvalue weighted by Crippen LogP contribution is 2.33. The second-order valence-corrected chi connectivity index (χ2v) is 10.4. The Bertz CT molecular complexity index is 1450. The normalized spacial score (nSPS) is 11.5. The van der Waals surface area contributed by atoms with Gasteiger partial charge in [0.25, 0.3) is 5.91 Å². The zero-order chi connectivity index (χ0) is 25.0. The highest BCUT2D eigenvalue weighted by Gasteiger charge is 2.22. The van der Waals surface area contributed by atoms with Gasteiger partial charge in [0.15, 0.2) is 0 Å². The van der Waals surface area contributed by atoms with Gasteiger partial charge in [-0.05, 0) is 42.5 Å². The van der Waals surface area contributed by atoms with Crippen molar-refractivity contribution in [2.75, 3.05) is 18.4 Å². The third-order valence-corrected chi connectivity index (χ3v) is 8.46. The van der Waals surface area contributed by atoms with Gasteiger partial charge in [-0.3, -0.25) is 4.79 Å². The minimum absolute atomic E-state index is 0.140. The quantitative estimate of drug-likeness (QED) is 0.321. The van der Waals surface area contributed by atoms with Gasteiger partial charge in [0, 0.05) is 35.2 Å². The van der Waals surface area contributed by atoms with E-state index in [0.29, 0.717) is 46.2 Å². The fraction of sp³-hybridized carbons (Fsp3) is 0.154. The fourth-order valence-corrected chi connectivity index (χ4v) is 5.96. The Kier molecular flexibility index (Phi) is 7.39. The molecule has 6 nitrogen and oxygen atoms in total.